The SMILES string of the molecule is NNC(=O)C(Cl)c1ccccn1. The molecule has 4 nitrogen and oxygen atoms in total. The Hall–Kier alpha value is -1.13. The van der Waals surface area contributed by atoms with Crippen LogP contribution in [0.1, 0.15) is 11.1 Å². The van der Waals surface area contributed by atoms with E-state index in [2.05, 4.69) is 4.98 Å². The molecule has 0 bridgehead atoms. The van der Waals surface area contributed by atoms with Crippen LogP contribution in [-0.2, 0) is 4.79 Å². The minimum Gasteiger partial charge on any atom is -0.293 e. The molecule has 3 N–H and O–H groups in total. The summed E-state index contributed by atoms with van der Waals surface area (Å²) < 4.78 is 0. The summed E-state index contributed by atoms with van der Waals surface area (Å²) in [5.74, 6) is 4.44. The molecule has 0 saturated heterocycles. The second kappa shape index (κ2) is 4.04. The van der Waals surface area contributed by atoms with Gasteiger partial charge in [0.05, 0.1) is 5.69 Å². The average molecular weight is 186 g/mol. The third-order valence-electron chi connectivity index (χ3n) is 1.32. The fraction of sp³-hybridized carbons (Fsp3) is 0.143. The molecular formula is C7H8ClN3O. The van der Waals surface area contributed by atoms with E-state index in [1.54, 1.807) is 24.4 Å². The molecule has 1 amide bonds. The van der Waals surface area contributed by atoms with Gasteiger partial charge < -0.3 is 0 Å². The van der Waals surface area contributed by atoms with Crippen LogP contribution in [0, 0.1) is 0 Å². The molecule has 1 unspecified atom stereocenters. The number of pyridine rings is 1. The Morgan fingerprint density at radius 1 is 1.67 bits per heavy atom. The van der Waals surface area contributed by atoms with Crippen molar-refractivity contribution in [3.05, 3.63) is 30.1 Å². The molecule has 0 spiro atoms. The lowest BCUT2D eigenvalue weighted by molar-refractivity contribution is -0.120. The van der Waals surface area contributed by atoms with Crippen LogP contribution in [0.5, 0.6) is 0 Å². The van der Waals surface area contributed by atoms with Crippen LogP contribution in [0.25, 0.3) is 0 Å². The molecule has 64 valence electrons. The first-order valence-electron chi connectivity index (χ1n) is 3.31. The number of halogens is 1. The van der Waals surface area contributed by atoms with Gasteiger partial charge in [-0.1, -0.05) is 6.07 Å². The zero-order valence-corrected chi connectivity index (χ0v) is 6.95. The van der Waals surface area contributed by atoms with E-state index >= 15 is 0 Å². The van der Waals surface area contributed by atoms with E-state index in [0.717, 1.165) is 0 Å². The van der Waals surface area contributed by atoms with E-state index < -0.39 is 11.3 Å². The van der Waals surface area contributed by atoms with Crippen molar-refractivity contribution in [3.8, 4) is 0 Å². The number of nitrogens with one attached hydrogen (secondary N) is 1. The standard InChI is InChI=1S/C7H8ClN3O/c8-6(7(12)11-9)5-3-1-2-4-10-5/h1-4,6H,9H2,(H,11,12). The summed E-state index contributed by atoms with van der Waals surface area (Å²) in [5, 5.41) is -0.823. The van der Waals surface area contributed by atoms with Gasteiger partial charge in [-0.05, 0) is 12.1 Å². The van der Waals surface area contributed by atoms with E-state index in [4.69, 9.17) is 17.4 Å². The summed E-state index contributed by atoms with van der Waals surface area (Å²) in [6, 6.07) is 5.15. The molecule has 5 heteroatoms. The van der Waals surface area contributed by atoms with Gasteiger partial charge in [0, 0.05) is 6.20 Å². The molecule has 0 aliphatic carbocycles. The van der Waals surface area contributed by atoms with Gasteiger partial charge in [0.15, 0.2) is 5.38 Å². The number of aromatic nitrogens is 1. The van der Waals surface area contributed by atoms with Gasteiger partial charge in [0.25, 0.3) is 5.91 Å². The minimum absolute atomic E-state index is 0.463. The largest absolute Gasteiger partial charge is 0.293 e. The van der Waals surface area contributed by atoms with Gasteiger partial charge in [-0.3, -0.25) is 15.2 Å². The number of nitrogens with zero attached hydrogens (tertiary/aromatic N) is 1. The molecule has 12 heavy (non-hydrogen) atoms. The van der Waals surface area contributed by atoms with Crippen LogP contribution in [-0.4, -0.2) is 10.9 Å². The van der Waals surface area contributed by atoms with Crippen LogP contribution >= 0.6 is 11.6 Å². The van der Waals surface area contributed by atoms with Crippen molar-refractivity contribution >= 4 is 17.5 Å². The zero-order valence-electron chi connectivity index (χ0n) is 6.20. The molecule has 1 rings (SSSR count). The van der Waals surface area contributed by atoms with Crippen LogP contribution < -0.4 is 11.3 Å². The number of hydrazine groups is 1. The van der Waals surface area contributed by atoms with Crippen molar-refractivity contribution in [1.82, 2.24) is 10.4 Å². The van der Waals surface area contributed by atoms with Gasteiger partial charge >= 0.3 is 0 Å². The highest BCUT2D eigenvalue weighted by atomic mass is 35.5. The second-order valence-corrected chi connectivity index (χ2v) is 2.56. The maximum absolute atomic E-state index is 10.9. The fourth-order valence-corrected chi connectivity index (χ4v) is 0.925. The summed E-state index contributed by atoms with van der Waals surface area (Å²) in [5.41, 5.74) is 2.44. The lowest BCUT2D eigenvalue weighted by atomic mass is 10.2. The number of carbonyl (C=O) groups excluding carboxylic acids is 1. The Balaban J connectivity index is 2.78. The van der Waals surface area contributed by atoms with Gasteiger partial charge in [-0.2, -0.15) is 0 Å². The van der Waals surface area contributed by atoms with Crippen LogP contribution in [0.2, 0.25) is 0 Å². The highest BCUT2D eigenvalue weighted by Crippen LogP contribution is 2.16. The Bertz CT molecular complexity index is 265. The monoisotopic (exact) mass is 185 g/mol. The molecule has 1 heterocycles. The van der Waals surface area contributed by atoms with Gasteiger partial charge in [-0.25, -0.2) is 5.84 Å². The van der Waals surface area contributed by atoms with Crippen molar-refractivity contribution in [1.29, 1.82) is 0 Å². The Morgan fingerprint density at radius 2 is 2.42 bits per heavy atom. The number of rotatable bonds is 2. The molecule has 1 aromatic rings. The molecule has 0 fully saturated rings. The van der Waals surface area contributed by atoms with Crippen molar-refractivity contribution in [2.24, 2.45) is 5.84 Å². The molecule has 0 aromatic carbocycles. The predicted octanol–water partition coefficient (Wildman–Crippen LogP) is 0.351. The third-order valence-corrected chi connectivity index (χ3v) is 1.74. The Morgan fingerprint density at radius 3 is 2.92 bits per heavy atom. The van der Waals surface area contributed by atoms with Gasteiger partial charge in [0.2, 0.25) is 0 Å². The Labute approximate surface area is 74.7 Å². The van der Waals surface area contributed by atoms with Crippen molar-refractivity contribution in [2.45, 2.75) is 5.38 Å². The highest BCUT2D eigenvalue weighted by molar-refractivity contribution is 6.30. The van der Waals surface area contributed by atoms with Crippen molar-refractivity contribution in [3.63, 3.8) is 0 Å². The molecule has 0 aliphatic rings. The number of nitrogens with two attached hydrogens (primary N) is 1. The number of alkyl halides is 1. The maximum Gasteiger partial charge on any atom is 0.258 e. The van der Waals surface area contributed by atoms with E-state index in [0.29, 0.717) is 5.69 Å². The number of hydrogen-bond donors (Lipinski definition) is 2. The quantitative estimate of drug-likeness (QED) is 0.302. The second-order valence-electron chi connectivity index (χ2n) is 2.13. The number of hydrogen-bond acceptors (Lipinski definition) is 3. The smallest absolute Gasteiger partial charge is 0.258 e. The first-order valence-corrected chi connectivity index (χ1v) is 3.75. The lowest BCUT2D eigenvalue weighted by Gasteiger charge is -2.05. The Kier molecular flexibility index (Phi) is 3.01. The number of amides is 1. The third kappa shape index (κ3) is 1.93. The summed E-state index contributed by atoms with van der Waals surface area (Å²) in [7, 11) is 0. The van der Waals surface area contributed by atoms with E-state index in [9.17, 15) is 4.79 Å². The molecule has 1 atom stereocenters. The molecule has 0 saturated carbocycles. The van der Waals surface area contributed by atoms with Crippen molar-refractivity contribution in [2.75, 3.05) is 0 Å². The summed E-state index contributed by atoms with van der Waals surface area (Å²) in [6.45, 7) is 0. The van der Waals surface area contributed by atoms with Gasteiger partial charge in [0.1, 0.15) is 0 Å². The topological polar surface area (TPSA) is 68.0 Å². The first kappa shape index (κ1) is 8.96. The summed E-state index contributed by atoms with van der Waals surface area (Å²) >= 11 is 5.70. The average Bonchev–Trinajstić information content (AvgIpc) is 2.17. The van der Waals surface area contributed by atoms with E-state index in [1.807, 2.05) is 5.43 Å². The molecular weight excluding hydrogens is 178 g/mol. The van der Waals surface area contributed by atoms with E-state index in [1.165, 1.54) is 0 Å². The first-order chi connectivity index (χ1) is 5.75. The molecule has 0 aliphatic heterocycles. The minimum atomic E-state index is -0.823. The highest BCUT2D eigenvalue weighted by Gasteiger charge is 2.16. The predicted molar refractivity (Wildman–Crippen MR) is 45.2 cm³/mol. The summed E-state index contributed by atoms with van der Waals surface area (Å²) in [6.07, 6.45) is 1.56. The summed E-state index contributed by atoms with van der Waals surface area (Å²) in [4.78, 5) is 14.8. The molecule has 1 aromatic heterocycles. The lowest BCUT2D eigenvalue weighted by Crippen LogP contribution is -2.33. The maximum atomic E-state index is 10.9. The fourth-order valence-electron chi connectivity index (χ4n) is 0.733. The van der Waals surface area contributed by atoms with Crippen molar-refractivity contribution < 1.29 is 4.79 Å². The van der Waals surface area contributed by atoms with Crippen LogP contribution in [0.4, 0.5) is 0 Å². The van der Waals surface area contributed by atoms with Crippen LogP contribution in [0.3, 0.4) is 0 Å². The van der Waals surface area contributed by atoms with Gasteiger partial charge in [-0.15, -0.1) is 11.6 Å². The van der Waals surface area contributed by atoms with E-state index in [-0.39, 0.29) is 0 Å². The molecule has 0 radical (unpaired) electrons. The zero-order chi connectivity index (χ0) is 8.97. The van der Waals surface area contributed by atoms with Crippen LogP contribution in [0.15, 0.2) is 24.4 Å². The number of carbonyl (C=O) groups is 1. The normalized spacial score (nSPS) is 12.2.